The lowest BCUT2D eigenvalue weighted by atomic mass is 9.98. The normalized spacial score (nSPS) is 11.7. The van der Waals surface area contributed by atoms with E-state index in [1.807, 2.05) is 0 Å². The number of anilines is 2. The Morgan fingerprint density at radius 3 is 2.52 bits per heavy atom. The molecule has 120 valence electrons. The van der Waals surface area contributed by atoms with E-state index in [1.54, 1.807) is 6.92 Å². The fraction of sp³-hybridized carbons (Fsp3) is 0.692. The second-order valence-electron chi connectivity index (χ2n) is 5.41. The van der Waals surface area contributed by atoms with Gasteiger partial charge in [0, 0.05) is 6.54 Å². The van der Waals surface area contributed by atoms with Gasteiger partial charge in [-0.05, 0) is 12.3 Å². The first kappa shape index (κ1) is 17.7. The van der Waals surface area contributed by atoms with Gasteiger partial charge in [-0.15, -0.1) is 0 Å². The van der Waals surface area contributed by atoms with E-state index in [0.717, 1.165) is 17.9 Å². The number of nitrogen functional groups attached to an aromatic ring is 1. The summed E-state index contributed by atoms with van der Waals surface area (Å²) in [4.78, 5) is 16.6. The molecule has 0 unspecified atom stereocenters. The Hall–Kier alpha value is -1.38. The Bertz CT molecular complexity index is 464. The van der Waals surface area contributed by atoms with Crippen molar-refractivity contribution in [3.8, 4) is 0 Å². The largest absolute Gasteiger partial charge is 0.394 e. The summed E-state index contributed by atoms with van der Waals surface area (Å²) in [5, 5.41) is 25.1. The summed E-state index contributed by atoms with van der Waals surface area (Å²) in [5.74, 6) is 0.154. The molecule has 0 fully saturated rings. The molecule has 1 rings (SSSR count). The number of hydrogen-bond donors (Lipinski definition) is 5. The zero-order valence-corrected chi connectivity index (χ0v) is 13.5. The van der Waals surface area contributed by atoms with E-state index in [2.05, 4.69) is 29.5 Å². The standard InChI is InChI=1S/C13H24N4O3S/c1-4-13(6-18,7-19)17-11(20)9-10(14)16-12(21-9)15-5-8(2)3/h8,18-19H,4-7,14H2,1-3H3,(H,15,16)(H,17,20). The van der Waals surface area contributed by atoms with Crippen LogP contribution in [0.2, 0.25) is 0 Å². The highest BCUT2D eigenvalue weighted by Crippen LogP contribution is 2.26. The van der Waals surface area contributed by atoms with Gasteiger partial charge < -0.3 is 26.6 Å². The molecule has 0 aliphatic carbocycles. The molecule has 1 aromatic rings. The van der Waals surface area contributed by atoms with Crippen molar-refractivity contribution in [2.75, 3.05) is 30.8 Å². The van der Waals surface area contributed by atoms with Crippen LogP contribution in [0.15, 0.2) is 0 Å². The Morgan fingerprint density at radius 1 is 1.43 bits per heavy atom. The maximum absolute atomic E-state index is 12.2. The fourth-order valence-corrected chi connectivity index (χ4v) is 2.39. The number of nitrogens with zero attached hydrogens (tertiary/aromatic N) is 1. The third-order valence-electron chi connectivity index (χ3n) is 3.18. The predicted octanol–water partition coefficient (Wildman–Crippen LogP) is 0.656. The summed E-state index contributed by atoms with van der Waals surface area (Å²) in [6, 6.07) is 0. The maximum atomic E-state index is 12.2. The van der Waals surface area contributed by atoms with Crippen molar-refractivity contribution >= 4 is 28.2 Å². The lowest BCUT2D eigenvalue weighted by molar-refractivity contribution is 0.0656. The molecule has 0 bridgehead atoms. The minimum absolute atomic E-state index is 0.143. The van der Waals surface area contributed by atoms with Crippen LogP contribution in [0, 0.1) is 5.92 Å². The third-order valence-corrected chi connectivity index (χ3v) is 4.21. The molecular weight excluding hydrogens is 292 g/mol. The van der Waals surface area contributed by atoms with E-state index in [0.29, 0.717) is 17.5 Å². The second-order valence-corrected chi connectivity index (χ2v) is 6.41. The number of aromatic nitrogens is 1. The molecule has 1 aromatic heterocycles. The van der Waals surface area contributed by atoms with Crippen LogP contribution in [0.1, 0.15) is 36.9 Å². The first-order valence-electron chi connectivity index (χ1n) is 6.91. The summed E-state index contributed by atoms with van der Waals surface area (Å²) in [5.41, 5.74) is 4.72. The number of carbonyl (C=O) groups is 1. The molecule has 1 heterocycles. The summed E-state index contributed by atoms with van der Waals surface area (Å²) >= 11 is 1.16. The molecular formula is C13H24N4O3S. The average molecular weight is 316 g/mol. The van der Waals surface area contributed by atoms with E-state index in [4.69, 9.17) is 5.73 Å². The first-order chi connectivity index (χ1) is 9.87. The highest BCUT2D eigenvalue weighted by Gasteiger charge is 2.30. The molecule has 0 aromatic carbocycles. The van der Waals surface area contributed by atoms with E-state index in [-0.39, 0.29) is 23.9 Å². The molecule has 0 spiro atoms. The van der Waals surface area contributed by atoms with Crippen molar-refractivity contribution in [2.24, 2.45) is 5.92 Å². The van der Waals surface area contributed by atoms with Crippen molar-refractivity contribution in [1.82, 2.24) is 10.3 Å². The van der Waals surface area contributed by atoms with Crippen LogP contribution in [0.3, 0.4) is 0 Å². The van der Waals surface area contributed by atoms with Gasteiger partial charge >= 0.3 is 0 Å². The minimum atomic E-state index is -1.04. The number of aliphatic hydroxyl groups excluding tert-OH is 2. The van der Waals surface area contributed by atoms with Crippen LogP contribution in [0.25, 0.3) is 0 Å². The molecule has 0 aliphatic heterocycles. The summed E-state index contributed by atoms with van der Waals surface area (Å²) in [6.07, 6.45) is 0.406. The molecule has 0 aliphatic rings. The van der Waals surface area contributed by atoms with Crippen molar-refractivity contribution in [3.05, 3.63) is 4.88 Å². The van der Waals surface area contributed by atoms with Gasteiger partial charge in [-0.25, -0.2) is 4.98 Å². The maximum Gasteiger partial charge on any atom is 0.265 e. The first-order valence-corrected chi connectivity index (χ1v) is 7.73. The molecule has 8 heteroatoms. The highest BCUT2D eigenvalue weighted by atomic mass is 32.1. The predicted molar refractivity (Wildman–Crippen MR) is 84.5 cm³/mol. The molecule has 6 N–H and O–H groups in total. The number of carbonyl (C=O) groups excluding carboxylic acids is 1. The quantitative estimate of drug-likeness (QED) is 0.480. The van der Waals surface area contributed by atoms with E-state index in [1.165, 1.54) is 0 Å². The van der Waals surface area contributed by atoms with Gasteiger partial charge in [0.2, 0.25) is 0 Å². The number of nitrogens with two attached hydrogens (primary N) is 1. The monoisotopic (exact) mass is 316 g/mol. The molecule has 0 saturated heterocycles. The van der Waals surface area contributed by atoms with Gasteiger partial charge in [0.1, 0.15) is 10.7 Å². The van der Waals surface area contributed by atoms with E-state index < -0.39 is 11.4 Å². The van der Waals surface area contributed by atoms with Crippen molar-refractivity contribution in [2.45, 2.75) is 32.7 Å². The SMILES string of the molecule is CCC(CO)(CO)NC(=O)c1sc(NCC(C)C)nc1N. The van der Waals surface area contributed by atoms with E-state index in [9.17, 15) is 15.0 Å². The van der Waals surface area contributed by atoms with Crippen LogP contribution in [-0.2, 0) is 0 Å². The zero-order valence-electron chi connectivity index (χ0n) is 12.6. The Labute approximate surface area is 128 Å². The Kier molecular flexibility index (Phi) is 6.38. The fourth-order valence-electron chi connectivity index (χ4n) is 1.60. The Morgan fingerprint density at radius 2 is 2.05 bits per heavy atom. The average Bonchev–Trinajstić information content (AvgIpc) is 2.84. The Balaban J connectivity index is 2.83. The molecule has 7 nitrogen and oxygen atoms in total. The number of thiazole rings is 1. The molecule has 0 atom stereocenters. The van der Waals surface area contributed by atoms with Crippen LogP contribution < -0.4 is 16.4 Å². The molecule has 0 radical (unpaired) electrons. The minimum Gasteiger partial charge on any atom is -0.394 e. The van der Waals surface area contributed by atoms with Crippen LogP contribution in [0.5, 0.6) is 0 Å². The lowest BCUT2D eigenvalue weighted by Gasteiger charge is -2.29. The highest BCUT2D eigenvalue weighted by molar-refractivity contribution is 7.18. The van der Waals surface area contributed by atoms with Gasteiger partial charge in [0.15, 0.2) is 5.13 Å². The smallest absolute Gasteiger partial charge is 0.265 e. The summed E-state index contributed by atoms with van der Waals surface area (Å²) < 4.78 is 0. The number of amides is 1. The van der Waals surface area contributed by atoms with E-state index >= 15 is 0 Å². The molecule has 0 saturated carbocycles. The van der Waals surface area contributed by atoms with Gasteiger partial charge in [-0.3, -0.25) is 4.79 Å². The van der Waals surface area contributed by atoms with Gasteiger partial charge in [-0.1, -0.05) is 32.1 Å². The van der Waals surface area contributed by atoms with Crippen LogP contribution in [-0.4, -0.2) is 46.4 Å². The number of hydrogen-bond acceptors (Lipinski definition) is 7. The topological polar surface area (TPSA) is 120 Å². The zero-order chi connectivity index (χ0) is 16.0. The van der Waals surface area contributed by atoms with Crippen LogP contribution >= 0.6 is 11.3 Å². The summed E-state index contributed by atoms with van der Waals surface area (Å²) in [6.45, 7) is 5.95. The number of nitrogens with one attached hydrogen (secondary N) is 2. The van der Waals surface area contributed by atoms with Crippen molar-refractivity contribution < 1.29 is 15.0 Å². The van der Waals surface area contributed by atoms with Crippen LogP contribution in [0.4, 0.5) is 10.9 Å². The third kappa shape index (κ3) is 4.55. The second kappa shape index (κ2) is 7.58. The van der Waals surface area contributed by atoms with Crippen molar-refractivity contribution in [1.29, 1.82) is 0 Å². The van der Waals surface area contributed by atoms with Gasteiger partial charge in [-0.2, -0.15) is 0 Å². The van der Waals surface area contributed by atoms with Crippen molar-refractivity contribution in [3.63, 3.8) is 0 Å². The summed E-state index contributed by atoms with van der Waals surface area (Å²) in [7, 11) is 0. The van der Waals surface area contributed by atoms with Gasteiger partial charge in [0.25, 0.3) is 5.91 Å². The molecule has 21 heavy (non-hydrogen) atoms. The number of rotatable bonds is 8. The number of aliphatic hydroxyl groups is 2. The molecule has 1 amide bonds. The van der Waals surface area contributed by atoms with Gasteiger partial charge in [0.05, 0.1) is 18.8 Å². The lowest BCUT2D eigenvalue weighted by Crippen LogP contribution is -2.53.